The smallest absolute Gasteiger partial charge is 0.306 e. The van der Waals surface area contributed by atoms with Gasteiger partial charge in [-0.15, -0.1) is 0 Å². The minimum absolute atomic E-state index is 0.0248. The first-order chi connectivity index (χ1) is 17.8. The summed E-state index contributed by atoms with van der Waals surface area (Å²) < 4.78 is 5.44. The highest BCUT2D eigenvalue weighted by molar-refractivity contribution is 5.69. The number of carbonyl (C=O) groups excluding carboxylic acids is 1. The molecular formula is C35H68O2. The molecule has 0 saturated carbocycles. The van der Waals surface area contributed by atoms with Gasteiger partial charge in [0.1, 0.15) is 6.61 Å². The maximum absolute atomic E-state index is 12.0. The van der Waals surface area contributed by atoms with Gasteiger partial charge in [0.15, 0.2) is 0 Å². The molecule has 0 saturated heterocycles. The molecule has 0 N–H and O–H groups in total. The summed E-state index contributed by atoms with van der Waals surface area (Å²) in [5, 5.41) is 0. The summed E-state index contributed by atoms with van der Waals surface area (Å²) in [6.07, 6.45) is 30.6. The van der Waals surface area contributed by atoms with Crippen LogP contribution in [0, 0.1) is 17.8 Å². The van der Waals surface area contributed by atoms with Crippen molar-refractivity contribution in [2.24, 2.45) is 17.8 Å². The fraction of sp³-hybridized carbons (Fsp3) is 0.914. The summed E-state index contributed by atoms with van der Waals surface area (Å²) in [6, 6.07) is 0. The first-order valence-corrected chi connectivity index (χ1v) is 16.7. The summed E-state index contributed by atoms with van der Waals surface area (Å²) in [6.45, 7) is 14.4. The molecule has 0 spiro atoms. The Morgan fingerprint density at radius 1 is 0.595 bits per heavy atom. The standard InChI is InChI=1S/C35H68O2/c1-7-8-9-10-11-12-13-14-15-16-17-18-28-35(36)37-30-29-34(6)27-21-26-33(5)25-20-24-32(4)23-19-22-31(2)3/h29,31-33H,7-28,30H2,1-6H3/b34-29+. The maximum atomic E-state index is 12.0. The number of allylic oxidation sites excluding steroid dienone is 1. The Hall–Kier alpha value is -0.790. The van der Waals surface area contributed by atoms with Gasteiger partial charge >= 0.3 is 5.97 Å². The molecule has 0 rings (SSSR count). The van der Waals surface area contributed by atoms with Gasteiger partial charge in [-0.25, -0.2) is 0 Å². The first kappa shape index (κ1) is 36.2. The van der Waals surface area contributed by atoms with Crippen molar-refractivity contribution in [2.45, 2.75) is 183 Å². The van der Waals surface area contributed by atoms with E-state index in [2.05, 4.69) is 47.6 Å². The normalized spacial score (nSPS) is 13.8. The average Bonchev–Trinajstić information content (AvgIpc) is 2.84. The Bertz CT molecular complexity index is 521. The summed E-state index contributed by atoms with van der Waals surface area (Å²) >= 11 is 0. The van der Waals surface area contributed by atoms with Gasteiger partial charge in [0.2, 0.25) is 0 Å². The molecule has 0 aliphatic heterocycles. The summed E-state index contributed by atoms with van der Waals surface area (Å²) in [5.41, 5.74) is 1.36. The van der Waals surface area contributed by atoms with E-state index in [0.717, 1.165) is 37.0 Å². The average molecular weight is 521 g/mol. The van der Waals surface area contributed by atoms with E-state index in [1.54, 1.807) is 0 Å². The topological polar surface area (TPSA) is 26.3 Å². The molecule has 0 aromatic heterocycles. The first-order valence-electron chi connectivity index (χ1n) is 16.7. The number of rotatable bonds is 27. The summed E-state index contributed by atoms with van der Waals surface area (Å²) in [5.74, 6) is 2.53. The van der Waals surface area contributed by atoms with Crippen molar-refractivity contribution in [3.05, 3.63) is 11.6 Å². The fourth-order valence-electron chi connectivity index (χ4n) is 5.27. The van der Waals surface area contributed by atoms with Crippen LogP contribution in [0.5, 0.6) is 0 Å². The highest BCUT2D eigenvalue weighted by Crippen LogP contribution is 2.22. The van der Waals surface area contributed by atoms with Crippen LogP contribution < -0.4 is 0 Å². The molecule has 2 nitrogen and oxygen atoms in total. The monoisotopic (exact) mass is 521 g/mol. The van der Waals surface area contributed by atoms with Gasteiger partial charge in [-0.1, -0.05) is 156 Å². The van der Waals surface area contributed by atoms with Gasteiger partial charge in [0, 0.05) is 6.42 Å². The number of esters is 1. The predicted octanol–water partition coefficient (Wildman–Crippen LogP) is 12.0. The van der Waals surface area contributed by atoms with E-state index in [4.69, 9.17) is 4.74 Å². The van der Waals surface area contributed by atoms with Crippen LogP contribution in [0.1, 0.15) is 183 Å². The van der Waals surface area contributed by atoms with Crippen molar-refractivity contribution >= 4 is 5.97 Å². The minimum Gasteiger partial charge on any atom is -0.461 e. The van der Waals surface area contributed by atoms with E-state index < -0.39 is 0 Å². The van der Waals surface area contributed by atoms with Crippen LogP contribution in [-0.4, -0.2) is 12.6 Å². The minimum atomic E-state index is -0.0248. The second kappa shape index (κ2) is 26.8. The molecule has 0 heterocycles. The molecule has 220 valence electrons. The van der Waals surface area contributed by atoms with Crippen LogP contribution in [-0.2, 0) is 9.53 Å². The SMILES string of the molecule is CCCCCCCCCCCCCCC(=O)OC/C=C(\C)CCCC(C)CCCC(C)CCCC(C)C. The van der Waals surface area contributed by atoms with Crippen molar-refractivity contribution in [1.29, 1.82) is 0 Å². The predicted molar refractivity (Wildman–Crippen MR) is 165 cm³/mol. The number of ether oxygens (including phenoxy) is 1. The van der Waals surface area contributed by atoms with Crippen molar-refractivity contribution < 1.29 is 9.53 Å². The molecule has 37 heavy (non-hydrogen) atoms. The molecule has 2 unspecified atom stereocenters. The molecule has 0 radical (unpaired) electrons. The van der Waals surface area contributed by atoms with Crippen LogP contribution in [0.25, 0.3) is 0 Å². The van der Waals surface area contributed by atoms with Crippen molar-refractivity contribution in [3.63, 3.8) is 0 Å². The molecule has 0 bridgehead atoms. The molecule has 2 heteroatoms. The largest absolute Gasteiger partial charge is 0.461 e. The third-order valence-corrected chi connectivity index (χ3v) is 8.05. The molecule has 0 amide bonds. The van der Waals surface area contributed by atoms with Gasteiger partial charge in [-0.3, -0.25) is 4.79 Å². The molecule has 0 aromatic rings. The van der Waals surface area contributed by atoms with E-state index in [0.29, 0.717) is 13.0 Å². The second-order valence-electron chi connectivity index (χ2n) is 12.7. The van der Waals surface area contributed by atoms with Crippen molar-refractivity contribution in [1.82, 2.24) is 0 Å². The lowest BCUT2D eigenvalue weighted by molar-refractivity contribution is -0.142. The Balaban J connectivity index is 3.57. The lowest BCUT2D eigenvalue weighted by Gasteiger charge is -2.15. The van der Waals surface area contributed by atoms with Crippen LogP contribution in [0.15, 0.2) is 11.6 Å². The van der Waals surface area contributed by atoms with E-state index >= 15 is 0 Å². The fourth-order valence-corrected chi connectivity index (χ4v) is 5.27. The van der Waals surface area contributed by atoms with Gasteiger partial charge in [0.25, 0.3) is 0 Å². The van der Waals surface area contributed by atoms with E-state index in [9.17, 15) is 4.79 Å². The molecule has 0 aliphatic rings. The second-order valence-corrected chi connectivity index (χ2v) is 12.7. The summed E-state index contributed by atoms with van der Waals surface area (Å²) in [7, 11) is 0. The van der Waals surface area contributed by atoms with Crippen LogP contribution in [0.2, 0.25) is 0 Å². The zero-order valence-corrected chi connectivity index (χ0v) is 26.4. The summed E-state index contributed by atoms with van der Waals surface area (Å²) in [4.78, 5) is 12.0. The van der Waals surface area contributed by atoms with E-state index in [-0.39, 0.29) is 5.97 Å². The zero-order valence-electron chi connectivity index (χ0n) is 26.4. The van der Waals surface area contributed by atoms with Crippen LogP contribution in [0.3, 0.4) is 0 Å². The lowest BCUT2D eigenvalue weighted by atomic mass is 9.91. The van der Waals surface area contributed by atoms with Gasteiger partial charge in [0.05, 0.1) is 0 Å². The Labute approximate surface area is 234 Å². The number of unbranched alkanes of at least 4 members (excludes halogenated alkanes) is 11. The molecule has 0 aromatic carbocycles. The molecule has 0 fully saturated rings. The van der Waals surface area contributed by atoms with Gasteiger partial charge < -0.3 is 4.74 Å². The third-order valence-electron chi connectivity index (χ3n) is 8.05. The Kier molecular flexibility index (Phi) is 26.2. The zero-order chi connectivity index (χ0) is 27.6. The van der Waals surface area contributed by atoms with E-state index in [1.165, 1.54) is 121 Å². The third kappa shape index (κ3) is 28.0. The van der Waals surface area contributed by atoms with Crippen LogP contribution >= 0.6 is 0 Å². The highest BCUT2D eigenvalue weighted by Gasteiger charge is 2.07. The van der Waals surface area contributed by atoms with Crippen LogP contribution in [0.4, 0.5) is 0 Å². The number of hydrogen-bond acceptors (Lipinski definition) is 2. The van der Waals surface area contributed by atoms with Gasteiger partial charge in [-0.05, 0) is 50.0 Å². The van der Waals surface area contributed by atoms with Crippen molar-refractivity contribution in [3.8, 4) is 0 Å². The molecule has 2 atom stereocenters. The van der Waals surface area contributed by atoms with Crippen molar-refractivity contribution in [2.75, 3.05) is 6.61 Å². The van der Waals surface area contributed by atoms with Gasteiger partial charge in [-0.2, -0.15) is 0 Å². The maximum Gasteiger partial charge on any atom is 0.306 e. The number of hydrogen-bond donors (Lipinski definition) is 0. The molecule has 0 aliphatic carbocycles. The lowest BCUT2D eigenvalue weighted by Crippen LogP contribution is -2.04. The highest BCUT2D eigenvalue weighted by atomic mass is 16.5. The number of carbonyl (C=O) groups is 1. The van der Waals surface area contributed by atoms with E-state index in [1.807, 2.05) is 0 Å². The Morgan fingerprint density at radius 3 is 1.57 bits per heavy atom. The quantitative estimate of drug-likeness (QED) is 0.0611. The Morgan fingerprint density at radius 2 is 1.05 bits per heavy atom. The molecular weight excluding hydrogens is 452 g/mol.